The molecule has 0 aliphatic carbocycles. The average Bonchev–Trinajstić information content (AvgIpc) is 1.38. The molecule has 0 fully saturated rings. The van der Waals surface area contributed by atoms with E-state index in [1.54, 1.807) is 0 Å². The van der Waals surface area contributed by atoms with Crippen LogP contribution >= 0.6 is 0 Å². The molecule has 38 valence electrons. The normalized spacial score (nSPS) is 4.12. The Kier molecular flexibility index (Phi) is 45.5. The largest absolute Gasteiger partial charge is 1.00 e. The summed E-state index contributed by atoms with van der Waals surface area (Å²) in [4.78, 5) is 11.0. The SMILES string of the molecule is O.O=C([O-])O[O-].[K+].[K+]. The summed E-state index contributed by atoms with van der Waals surface area (Å²) in [5, 5.41) is 17.2. The number of carbonyl (C=O) groups is 1. The molecule has 0 rings (SSSR count). The molecule has 8 heavy (non-hydrogen) atoms. The molecule has 0 bridgehead atoms. The monoisotopic (exact) mass is 172 g/mol. The minimum atomic E-state index is -2.05. The topological polar surface area (TPSA) is 104 Å². The molecule has 0 radical (unpaired) electrons. The number of hydrogen-bond acceptors (Lipinski definition) is 4. The first-order valence-electron chi connectivity index (χ1n) is 0.779. The van der Waals surface area contributed by atoms with Crippen LogP contribution < -0.4 is 113 Å². The van der Waals surface area contributed by atoms with Crippen molar-refractivity contribution in [3.8, 4) is 0 Å². The second-order valence-corrected chi connectivity index (χ2v) is 0.333. The molecule has 0 saturated carbocycles. The number of hydrogen-bond donors (Lipinski definition) is 0. The van der Waals surface area contributed by atoms with E-state index in [0.717, 1.165) is 0 Å². The molecule has 0 spiro atoms. The summed E-state index contributed by atoms with van der Waals surface area (Å²) in [5.41, 5.74) is 0. The molecule has 0 saturated heterocycles. The number of carbonyl (C=O) groups excluding carboxylic acids is 1. The van der Waals surface area contributed by atoms with Gasteiger partial charge in [-0.2, -0.15) is 0 Å². The summed E-state index contributed by atoms with van der Waals surface area (Å²) >= 11 is 0. The van der Waals surface area contributed by atoms with Crippen LogP contribution in [0.15, 0.2) is 0 Å². The molecule has 0 heterocycles. The standard InChI is InChI=1S/CH2O4.2K.H2O/c2-1(3)5-4;;;/h4H,(H,2,3);;;1H2/q;2*+1;/p-2. The van der Waals surface area contributed by atoms with E-state index in [1.807, 2.05) is 0 Å². The molecule has 0 aromatic carbocycles. The van der Waals surface area contributed by atoms with Crippen LogP contribution in [0.5, 0.6) is 0 Å². The molecule has 0 atom stereocenters. The Bertz CT molecular complexity index is 45.7. The Morgan fingerprint density at radius 3 is 1.50 bits per heavy atom. The van der Waals surface area contributed by atoms with Crippen molar-refractivity contribution in [3.63, 3.8) is 0 Å². The van der Waals surface area contributed by atoms with Gasteiger partial charge in [0.25, 0.3) is 0 Å². The van der Waals surface area contributed by atoms with E-state index in [4.69, 9.17) is 15.2 Å². The fraction of sp³-hybridized carbons (Fsp3) is 0. The smallest absolute Gasteiger partial charge is 0.755 e. The summed E-state index contributed by atoms with van der Waals surface area (Å²) < 4.78 is 0. The first kappa shape index (κ1) is 22.4. The van der Waals surface area contributed by atoms with E-state index >= 15 is 0 Å². The third kappa shape index (κ3) is 23.7. The van der Waals surface area contributed by atoms with Crippen LogP contribution in [0, 0.1) is 0 Å². The minimum absolute atomic E-state index is 0. The fourth-order valence-corrected chi connectivity index (χ4v) is 0. The molecular weight excluding hydrogens is 170 g/mol. The molecule has 7 heteroatoms. The maximum absolute atomic E-state index is 8.72. The second-order valence-electron chi connectivity index (χ2n) is 0.333. The zero-order valence-electron chi connectivity index (χ0n) is 4.63. The van der Waals surface area contributed by atoms with Crippen molar-refractivity contribution in [1.82, 2.24) is 0 Å². The summed E-state index contributed by atoms with van der Waals surface area (Å²) in [6.07, 6.45) is -2.05. The zero-order valence-corrected chi connectivity index (χ0v) is 10.9. The first-order valence-corrected chi connectivity index (χ1v) is 0.779. The van der Waals surface area contributed by atoms with Crippen molar-refractivity contribution in [1.29, 1.82) is 0 Å². The molecule has 5 nitrogen and oxygen atoms in total. The van der Waals surface area contributed by atoms with Crippen LogP contribution in [0.1, 0.15) is 0 Å². The number of rotatable bonds is 0. The van der Waals surface area contributed by atoms with Crippen molar-refractivity contribution in [2.24, 2.45) is 0 Å². The summed E-state index contributed by atoms with van der Waals surface area (Å²) in [6, 6.07) is 0. The van der Waals surface area contributed by atoms with Crippen LogP contribution in [-0.4, -0.2) is 11.6 Å². The summed E-state index contributed by atoms with van der Waals surface area (Å²) in [6.45, 7) is 0. The van der Waals surface area contributed by atoms with Gasteiger partial charge in [-0.15, -0.1) is 0 Å². The van der Waals surface area contributed by atoms with Crippen molar-refractivity contribution >= 4 is 6.16 Å². The Morgan fingerprint density at radius 1 is 1.38 bits per heavy atom. The fourth-order valence-electron chi connectivity index (χ4n) is 0. The van der Waals surface area contributed by atoms with Gasteiger partial charge in [0.05, 0.1) is 0 Å². The first-order chi connectivity index (χ1) is 2.27. The van der Waals surface area contributed by atoms with Gasteiger partial charge >= 0.3 is 103 Å². The quantitative estimate of drug-likeness (QED) is 0.205. The summed E-state index contributed by atoms with van der Waals surface area (Å²) in [5.74, 6) is 0. The van der Waals surface area contributed by atoms with E-state index < -0.39 is 6.16 Å². The van der Waals surface area contributed by atoms with Crippen molar-refractivity contribution in [2.45, 2.75) is 0 Å². The van der Waals surface area contributed by atoms with E-state index in [0.29, 0.717) is 0 Å². The van der Waals surface area contributed by atoms with Crippen LogP contribution in [0.3, 0.4) is 0 Å². The van der Waals surface area contributed by atoms with Gasteiger partial charge in [-0.05, 0) is 0 Å². The van der Waals surface area contributed by atoms with Gasteiger partial charge in [-0.3, -0.25) is 0 Å². The molecule has 0 aliphatic heterocycles. The van der Waals surface area contributed by atoms with Gasteiger partial charge in [0.1, 0.15) is 0 Å². The van der Waals surface area contributed by atoms with Crippen molar-refractivity contribution in [3.05, 3.63) is 0 Å². The Morgan fingerprint density at radius 2 is 1.50 bits per heavy atom. The zero-order chi connectivity index (χ0) is 4.28. The molecule has 0 aliphatic rings. The van der Waals surface area contributed by atoms with Crippen LogP contribution in [-0.2, 0) is 4.89 Å². The van der Waals surface area contributed by atoms with Crippen LogP contribution in [0.2, 0.25) is 0 Å². The Balaban J connectivity index is -0.0000000267. The molecule has 0 aromatic heterocycles. The average molecular weight is 172 g/mol. The predicted molar refractivity (Wildman–Crippen MR) is 10.1 cm³/mol. The maximum atomic E-state index is 8.72. The van der Waals surface area contributed by atoms with E-state index in [-0.39, 0.29) is 108 Å². The van der Waals surface area contributed by atoms with Crippen LogP contribution in [0.4, 0.5) is 4.79 Å². The summed E-state index contributed by atoms with van der Waals surface area (Å²) in [7, 11) is 0. The van der Waals surface area contributed by atoms with Crippen LogP contribution in [0.25, 0.3) is 0 Å². The Labute approximate surface area is 131 Å². The van der Waals surface area contributed by atoms with Gasteiger partial charge in [0.2, 0.25) is 6.16 Å². The Hall–Kier alpha value is 2.46. The van der Waals surface area contributed by atoms with E-state index in [9.17, 15) is 0 Å². The second kappa shape index (κ2) is 16.2. The van der Waals surface area contributed by atoms with Gasteiger partial charge in [-0.25, -0.2) is 0 Å². The van der Waals surface area contributed by atoms with Gasteiger partial charge in [0.15, 0.2) is 0 Å². The molecule has 0 aromatic rings. The van der Waals surface area contributed by atoms with Gasteiger partial charge < -0.3 is 25.5 Å². The maximum Gasteiger partial charge on any atom is 1.00 e. The minimum Gasteiger partial charge on any atom is -0.755 e. The molecule has 0 unspecified atom stereocenters. The van der Waals surface area contributed by atoms with Crippen molar-refractivity contribution < 1.29 is 128 Å². The van der Waals surface area contributed by atoms with Gasteiger partial charge in [-0.1, -0.05) is 0 Å². The molecule has 0 amide bonds. The van der Waals surface area contributed by atoms with E-state index in [2.05, 4.69) is 4.89 Å². The third-order valence-electron chi connectivity index (χ3n) is 0.0680. The molecular formula is CH2K2O5. The van der Waals surface area contributed by atoms with E-state index in [1.165, 1.54) is 0 Å². The van der Waals surface area contributed by atoms with Crippen molar-refractivity contribution in [2.75, 3.05) is 0 Å². The van der Waals surface area contributed by atoms with Gasteiger partial charge in [0, 0.05) is 0 Å². The molecule has 2 N–H and O–H groups in total. The predicted octanol–water partition coefficient (Wildman–Crippen LogP) is -9.20. The number of carboxylic acid groups (broad SMARTS) is 1. The third-order valence-corrected chi connectivity index (χ3v) is 0.0680.